The molecule has 1 atom stereocenters. The maximum Gasteiger partial charge on any atom is 0.233 e. The number of hydrogen-bond acceptors (Lipinski definition) is 8. The minimum absolute atomic E-state index is 0.0657. The molecule has 4 rings (SSSR count). The Kier molecular flexibility index (Phi) is 5.40. The second-order valence-electron chi connectivity index (χ2n) is 6.02. The van der Waals surface area contributed by atoms with Gasteiger partial charge in [-0.1, -0.05) is 23.9 Å². The fraction of sp³-hybridized carbons (Fsp3) is 0.333. The summed E-state index contributed by atoms with van der Waals surface area (Å²) >= 11 is 3.11. The van der Waals surface area contributed by atoms with E-state index in [4.69, 9.17) is 9.47 Å². The Morgan fingerprint density at radius 1 is 1.26 bits per heavy atom. The van der Waals surface area contributed by atoms with E-state index in [1.165, 1.54) is 18.9 Å². The van der Waals surface area contributed by atoms with Gasteiger partial charge in [0.05, 0.1) is 29.6 Å². The minimum atomic E-state index is -0.0657. The summed E-state index contributed by atoms with van der Waals surface area (Å²) in [6.07, 6.45) is 0.717. The molecule has 1 aromatic carbocycles. The lowest BCUT2D eigenvalue weighted by Crippen LogP contribution is -2.32. The van der Waals surface area contributed by atoms with Gasteiger partial charge in [-0.05, 0) is 12.1 Å². The Labute approximate surface area is 164 Å². The standard InChI is InChI=1S/C18H18N4O3S2/c1-24-15-6-7-16(21-20-15)25-12-8-9-22(10-12)17(23)11-26-18-19-13-4-2-3-5-14(13)27-18/h2-7,12H,8-11H2,1H3. The first-order chi connectivity index (χ1) is 13.2. The summed E-state index contributed by atoms with van der Waals surface area (Å²) in [7, 11) is 1.54. The van der Waals surface area contributed by atoms with Gasteiger partial charge in [0.15, 0.2) is 4.34 Å². The van der Waals surface area contributed by atoms with E-state index in [0.29, 0.717) is 30.6 Å². The average molecular weight is 403 g/mol. The van der Waals surface area contributed by atoms with E-state index in [9.17, 15) is 4.79 Å². The van der Waals surface area contributed by atoms with Crippen LogP contribution in [-0.2, 0) is 4.79 Å². The van der Waals surface area contributed by atoms with Crippen LogP contribution in [-0.4, -0.2) is 58.0 Å². The lowest BCUT2D eigenvalue weighted by molar-refractivity contribution is -0.127. The van der Waals surface area contributed by atoms with Crippen molar-refractivity contribution in [1.29, 1.82) is 0 Å². The van der Waals surface area contributed by atoms with Crippen LogP contribution < -0.4 is 9.47 Å². The van der Waals surface area contributed by atoms with Crippen molar-refractivity contribution in [2.45, 2.75) is 16.9 Å². The van der Waals surface area contributed by atoms with Crippen LogP contribution >= 0.6 is 23.1 Å². The van der Waals surface area contributed by atoms with Crippen molar-refractivity contribution in [2.24, 2.45) is 0 Å². The van der Waals surface area contributed by atoms with Crippen molar-refractivity contribution in [2.75, 3.05) is 26.0 Å². The maximum absolute atomic E-state index is 12.5. The molecule has 1 aliphatic heterocycles. The molecular weight excluding hydrogens is 384 g/mol. The molecule has 0 bridgehead atoms. The number of thioether (sulfide) groups is 1. The molecule has 0 radical (unpaired) electrons. The number of likely N-dealkylation sites (tertiary alicyclic amines) is 1. The van der Waals surface area contributed by atoms with Crippen molar-refractivity contribution in [3.63, 3.8) is 0 Å². The molecule has 0 spiro atoms. The number of nitrogens with zero attached hydrogens (tertiary/aromatic N) is 4. The first kappa shape index (κ1) is 18.0. The van der Waals surface area contributed by atoms with E-state index in [0.717, 1.165) is 21.0 Å². The number of hydrogen-bond donors (Lipinski definition) is 0. The van der Waals surface area contributed by atoms with Gasteiger partial charge in [-0.15, -0.1) is 21.5 Å². The maximum atomic E-state index is 12.5. The third kappa shape index (κ3) is 4.30. The largest absolute Gasteiger partial charge is 0.480 e. The number of carbonyl (C=O) groups is 1. The number of aromatic nitrogens is 3. The molecule has 1 amide bonds. The van der Waals surface area contributed by atoms with Crippen molar-refractivity contribution in [3.05, 3.63) is 36.4 Å². The SMILES string of the molecule is COc1ccc(OC2CCN(C(=O)CSc3nc4ccccc4s3)C2)nn1. The molecule has 0 N–H and O–H groups in total. The highest BCUT2D eigenvalue weighted by Gasteiger charge is 2.28. The van der Waals surface area contributed by atoms with Crippen LogP contribution in [0.4, 0.5) is 0 Å². The van der Waals surface area contributed by atoms with Crippen molar-refractivity contribution < 1.29 is 14.3 Å². The highest BCUT2D eigenvalue weighted by atomic mass is 32.2. The highest BCUT2D eigenvalue weighted by Crippen LogP contribution is 2.29. The predicted molar refractivity (Wildman–Crippen MR) is 105 cm³/mol. The summed E-state index contributed by atoms with van der Waals surface area (Å²) in [5, 5.41) is 7.86. The van der Waals surface area contributed by atoms with Crippen LogP contribution in [0.15, 0.2) is 40.7 Å². The van der Waals surface area contributed by atoms with E-state index in [-0.39, 0.29) is 12.0 Å². The molecule has 2 aromatic heterocycles. The van der Waals surface area contributed by atoms with Gasteiger partial charge in [-0.2, -0.15) is 0 Å². The number of amides is 1. The minimum Gasteiger partial charge on any atom is -0.480 e. The number of fused-ring (bicyclic) bond motifs is 1. The lowest BCUT2D eigenvalue weighted by atomic mass is 10.3. The molecule has 1 unspecified atom stereocenters. The Hall–Kier alpha value is -2.39. The zero-order chi connectivity index (χ0) is 18.6. The molecule has 1 aliphatic rings. The van der Waals surface area contributed by atoms with Crippen LogP contribution in [0.5, 0.6) is 11.8 Å². The number of ether oxygens (including phenoxy) is 2. The topological polar surface area (TPSA) is 77.4 Å². The first-order valence-corrected chi connectivity index (χ1v) is 10.3. The zero-order valence-electron chi connectivity index (χ0n) is 14.7. The van der Waals surface area contributed by atoms with Crippen LogP contribution in [0, 0.1) is 0 Å². The van der Waals surface area contributed by atoms with Gasteiger partial charge in [-0.3, -0.25) is 4.79 Å². The van der Waals surface area contributed by atoms with E-state index >= 15 is 0 Å². The Bertz CT molecular complexity index is 899. The van der Waals surface area contributed by atoms with Gasteiger partial charge >= 0.3 is 0 Å². The molecule has 3 heterocycles. The van der Waals surface area contributed by atoms with E-state index in [1.807, 2.05) is 29.2 Å². The summed E-state index contributed by atoms with van der Waals surface area (Å²) < 4.78 is 12.9. The Morgan fingerprint density at radius 3 is 2.85 bits per heavy atom. The van der Waals surface area contributed by atoms with E-state index < -0.39 is 0 Å². The molecule has 9 heteroatoms. The Morgan fingerprint density at radius 2 is 2.07 bits per heavy atom. The summed E-state index contributed by atoms with van der Waals surface area (Å²) in [6.45, 7) is 1.25. The number of rotatable bonds is 6. The predicted octanol–water partition coefficient (Wildman–Crippen LogP) is 2.87. The fourth-order valence-electron chi connectivity index (χ4n) is 2.83. The lowest BCUT2D eigenvalue weighted by Gasteiger charge is -2.16. The molecule has 3 aromatic rings. The zero-order valence-corrected chi connectivity index (χ0v) is 16.3. The van der Waals surface area contributed by atoms with E-state index in [1.54, 1.807) is 23.5 Å². The highest BCUT2D eigenvalue weighted by molar-refractivity contribution is 8.01. The third-order valence-electron chi connectivity index (χ3n) is 4.20. The van der Waals surface area contributed by atoms with Crippen molar-refractivity contribution in [3.8, 4) is 11.8 Å². The summed E-state index contributed by atoms with van der Waals surface area (Å²) in [6, 6.07) is 11.4. The summed E-state index contributed by atoms with van der Waals surface area (Å²) in [5.41, 5.74) is 0.979. The first-order valence-electron chi connectivity index (χ1n) is 8.52. The molecule has 0 aliphatic carbocycles. The number of carbonyl (C=O) groups excluding carboxylic acids is 1. The second kappa shape index (κ2) is 8.10. The molecular formula is C18H18N4O3S2. The van der Waals surface area contributed by atoms with Crippen LogP contribution in [0.25, 0.3) is 10.2 Å². The average Bonchev–Trinajstić information content (AvgIpc) is 3.33. The fourth-order valence-corrected chi connectivity index (χ4v) is 4.80. The quantitative estimate of drug-likeness (QED) is 0.587. The Balaban J connectivity index is 1.28. The molecule has 1 saturated heterocycles. The van der Waals surface area contributed by atoms with Gasteiger partial charge < -0.3 is 14.4 Å². The van der Waals surface area contributed by atoms with Gasteiger partial charge in [0.2, 0.25) is 17.7 Å². The van der Waals surface area contributed by atoms with Crippen LogP contribution in [0.1, 0.15) is 6.42 Å². The second-order valence-corrected chi connectivity index (χ2v) is 8.27. The van der Waals surface area contributed by atoms with Crippen molar-refractivity contribution in [1.82, 2.24) is 20.1 Å². The third-order valence-corrected chi connectivity index (χ3v) is 6.37. The molecule has 0 saturated carbocycles. The van der Waals surface area contributed by atoms with Gasteiger partial charge in [0.1, 0.15) is 6.10 Å². The monoisotopic (exact) mass is 402 g/mol. The van der Waals surface area contributed by atoms with Crippen molar-refractivity contribution >= 4 is 39.2 Å². The number of benzene rings is 1. The normalized spacial score (nSPS) is 16.6. The molecule has 27 heavy (non-hydrogen) atoms. The van der Waals surface area contributed by atoms with Gasteiger partial charge in [0.25, 0.3) is 0 Å². The van der Waals surface area contributed by atoms with Crippen LogP contribution in [0.2, 0.25) is 0 Å². The summed E-state index contributed by atoms with van der Waals surface area (Å²) in [5.74, 6) is 1.37. The summed E-state index contributed by atoms with van der Waals surface area (Å²) in [4.78, 5) is 18.9. The smallest absolute Gasteiger partial charge is 0.233 e. The number of methoxy groups -OCH3 is 1. The van der Waals surface area contributed by atoms with E-state index in [2.05, 4.69) is 15.2 Å². The molecule has 7 nitrogen and oxygen atoms in total. The molecule has 140 valence electrons. The number of para-hydroxylation sites is 1. The van der Waals surface area contributed by atoms with Gasteiger partial charge in [0, 0.05) is 25.1 Å². The van der Waals surface area contributed by atoms with Gasteiger partial charge in [-0.25, -0.2) is 4.98 Å². The van der Waals surface area contributed by atoms with Crippen LogP contribution in [0.3, 0.4) is 0 Å². The molecule has 1 fully saturated rings. The number of thiazole rings is 1.